The van der Waals surface area contributed by atoms with Crippen molar-refractivity contribution in [1.29, 1.82) is 0 Å². The Balaban J connectivity index is 1.70. The number of nitrogens with zero attached hydrogens (tertiary/aromatic N) is 6. The maximum atomic E-state index is 13.8. The van der Waals surface area contributed by atoms with E-state index in [1.54, 1.807) is 23.0 Å². The van der Waals surface area contributed by atoms with Crippen LogP contribution in [0.1, 0.15) is 16.1 Å². The minimum atomic E-state index is -0.511. The number of aromatic nitrogens is 5. The van der Waals surface area contributed by atoms with Gasteiger partial charge in [0.25, 0.3) is 0 Å². The zero-order valence-corrected chi connectivity index (χ0v) is 15.0. The summed E-state index contributed by atoms with van der Waals surface area (Å²) in [6.07, 6.45) is 4.33. The molecule has 1 aromatic carbocycles. The molecule has 0 amide bonds. The Labute approximate surface area is 156 Å². The van der Waals surface area contributed by atoms with Gasteiger partial charge in [0.05, 0.1) is 24.2 Å². The number of rotatable bonds is 6. The molecule has 0 aliphatic carbocycles. The van der Waals surface area contributed by atoms with Crippen LogP contribution in [0.4, 0.5) is 4.39 Å². The summed E-state index contributed by atoms with van der Waals surface area (Å²) in [6.45, 7) is 0. The molecule has 0 atom stereocenters. The van der Waals surface area contributed by atoms with E-state index in [4.69, 9.17) is 11.6 Å². The van der Waals surface area contributed by atoms with Crippen LogP contribution in [0.3, 0.4) is 0 Å². The molecule has 0 N–H and O–H groups in total. The summed E-state index contributed by atoms with van der Waals surface area (Å²) in [7, 11) is 1.29. The third kappa shape index (κ3) is 4.09. The van der Waals surface area contributed by atoms with Crippen molar-refractivity contribution >= 4 is 35.5 Å². The van der Waals surface area contributed by atoms with Crippen molar-refractivity contribution in [2.45, 2.75) is 11.0 Å². The number of esters is 1. The third-order valence-corrected chi connectivity index (χ3v) is 4.42. The van der Waals surface area contributed by atoms with Gasteiger partial charge in [-0.05, 0) is 18.2 Å². The van der Waals surface area contributed by atoms with Crippen molar-refractivity contribution in [3.05, 3.63) is 58.9 Å². The lowest BCUT2D eigenvalue weighted by molar-refractivity contribution is 0.0593. The molecule has 26 heavy (non-hydrogen) atoms. The average Bonchev–Trinajstić information content (AvgIpc) is 3.28. The number of methoxy groups -OCH3 is 1. The molecular formula is C15H12ClFN6O2S. The van der Waals surface area contributed by atoms with Crippen LogP contribution in [0.15, 0.2) is 47.0 Å². The zero-order valence-electron chi connectivity index (χ0n) is 13.4. The molecule has 3 rings (SSSR count). The van der Waals surface area contributed by atoms with Crippen LogP contribution in [0.2, 0.25) is 5.02 Å². The van der Waals surface area contributed by atoms with Gasteiger partial charge in [-0.3, -0.25) is 4.68 Å². The first kappa shape index (κ1) is 18.1. The number of benzene rings is 1. The summed E-state index contributed by atoms with van der Waals surface area (Å²) in [5.41, 5.74) is 0.385. The van der Waals surface area contributed by atoms with Gasteiger partial charge in [-0.15, -0.1) is 10.2 Å². The maximum Gasteiger partial charge on any atom is 0.358 e. The van der Waals surface area contributed by atoms with Crippen LogP contribution < -0.4 is 0 Å². The largest absolute Gasteiger partial charge is 0.464 e. The highest BCUT2D eigenvalue weighted by Gasteiger charge is 2.11. The molecule has 0 aliphatic rings. The lowest BCUT2D eigenvalue weighted by Crippen LogP contribution is -2.04. The SMILES string of the molecule is COC(=O)c1ccn(CSc2nncn2/N=C/c2c(F)cccc2Cl)n1. The topological polar surface area (TPSA) is 87.2 Å². The number of hydrogen-bond donors (Lipinski definition) is 0. The predicted molar refractivity (Wildman–Crippen MR) is 93.8 cm³/mol. The highest BCUT2D eigenvalue weighted by atomic mass is 35.5. The predicted octanol–water partition coefficient (Wildman–Crippen LogP) is 2.69. The Morgan fingerprint density at radius 2 is 2.31 bits per heavy atom. The van der Waals surface area contributed by atoms with Crippen molar-refractivity contribution in [1.82, 2.24) is 24.7 Å². The van der Waals surface area contributed by atoms with Crippen molar-refractivity contribution in [3.8, 4) is 0 Å². The lowest BCUT2D eigenvalue weighted by Gasteiger charge is -2.02. The molecule has 3 aromatic rings. The van der Waals surface area contributed by atoms with Crippen molar-refractivity contribution in [2.75, 3.05) is 7.11 Å². The smallest absolute Gasteiger partial charge is 0.358 e. The van der Waals surface area contributed by atoms with Crippen molar-refractivity contribution in [2.24, 2.45) is 5.10 Å². The molecule has 0 unspecified atom stereocenters. The van der Waals surface area contributed by atoms with Gasteiger partial charge in [0, 0.05) is 11.8 Å². The number of ether oxygens (including phenoxy) is 1. The molecule has 0 spiro atoms. The molecule has 0 saturated heterocycles. The zero-order chi connectivity index (χ0) is 18.5. The standard InChI is InChI=1S/C15H12ClFN6O2S/c1-25-14(24)13-5-6-22(21-13)9-26-15-20-18-8-23(15)19-7-10-11(16)3-2-4-12(10)17/h2-8H,9H2,1H3/b19-7+. The second-order valence-electron chi connectivity index (χ2n) is 4.84. The van der Waals surface area contributed by atoms with E-state index in [1.165, 1.54) is 48.2 Å². The molecular weight excluding hydrogens is 383 g/mol. The molecule has 0 fully saturated rings. The highest BCUT2D eigenvalue weighted by molar-refractivity contribution is 7.98. The molecule has 8 nitrogen and oxygen atoms in total. The molecule has 0 saturated carbocycles. The second kappa shape index (κ2) is 8.11. The Morgan fingerprint density at radius 3 is 3.08 bits per heavy atom. The minimum absolute atomic E-state index is 0.175. The first-order chi connectivity index (χ1) is 12.6. The van der Waals surface area contributed by atoms with E-state index in [9.17, 15) is 9.18 Å². The Hall–Kier alpha value is -2.72. The Morgan fingerprint density at radius 1 is 1.46 bits per heavy atom. The van der Waals surface area contributed by atoms with E-state index in [-0.39, 0.29) is 16.3 Å². The van der Waals surface area contributed by atoms with Gasteiger partial charge in [0.1, 0.15) is 12.1 Å². The number of halogens is 2. The average molecular weight is 395 g/mol. The molecule has 2 aromatic heterocycles. The molecule has 134 valence electrons. The van der Waals surface area contributed by atoms with E-state index in [2.05, 4.69) is 25.1 Å². The summed E-state index contributed by atoms with van der Waals surface area (Å²) >= 11 is 7.24. The van der Waals surface area contributed by atoms with Crippen LogP contribution in [-0.4, -0.2) is 43.9 Å². The monoisotopic (exact) mass is 394 g/mol. The quantitative estimate of drug-likeness (QED) is 0.363. The fraction of sp³-hybridized carbons (Fsp3) is 0.133. The van der Waals surface area contributed by atoms with Crippen molar-refractivity contribution in [3.63, 3.8) is 0 Å². The summed E-state index contributed by atoms with van der Waals surface area (Å²) < 4.78 is 21.3. The van der Waals surface area contributed by atoms with Gasteiger partial charge in [-0.25, -0.2) is 9.18 Å². The van der Waals surface area contributed by atoms with Gasteiger partial charge in [0.15, 0.2) is 5.69 Å². The number of carbonyl (C=O) groups excluding carboxylic acids is 1. The lowest BCUT2D eigenvalue weighted by atomic mass is 10.2. The van der Waals surface area contributed by atoms with Crippen LogP contribution >= 0.6 is 23.4 Å². The molecule has 0 radical (unpaired) electrons. The van der Waals surface area contributed by atoms with Crippen LogP contribution in [0, 0.1) is 5.82 Å². The number of carbonyl (C=O) groups is 1. The number of hydrogen-bond acceptors (Lipinski definition) is 7. The second-order valence-corrected chi connectivity index (χ2v) is 6.16. The third-order valence-electron chi connectivity index (χ3n) is 3.17. The van der Waals surface area contributed by atoms with Crippen molar-refractivity contribution < 1.29 is 13.9 Å². The fourth-order valence-corrected chi connectivity index (χ4v) is 2.85. The maximum absolute atomic E-state index is 13.8. The van der Waals surface area contributed by atoms with Crippen LogP contribution in [0.25, 0.3) is 0 Å². The van der Waals surface area contributed by atoms with Gasteiger partial charge in [-0.1, -0.05) is 29.4 Å². The minimum Gasteiger partial charge on any atom is -0.464 e. The summed E-state index contributed by atoms with van der Waals surface area (Å²) in [5.74, 6) is -0.621. The molecule has 11 heteroatoms. The molecule has 2 heterocycles. The van der Waals surface area contributed by atoms with Gasteiger partial charge in [0.2, 0.25) is 5.16 Å². The normalized spacial score (nSPS) is 11.2. The van der Waals surface area contributed by atoms with Gasteiger partial charge in [-0.2, -0.15) is 14.9 Å². The molecule has 0 aliphatic heterocycles. The van der Waals surface area contributed by atoms with Gasteiger partial charge < -0.3 is 4.74 Å². The van der Waals surface area contributed by atoms with Crippen LogP contribution in [0.5, 0.6) is 0 Å². The summed E-state index contributed by atoms with van der Waals surface area (Å²) in [4.78, 5) is 11.4. The Kier molecular flexibility index (Phi) is 5.64. The Bertz CT molecular complexity index is 937. The van der Waals surface area contributed by atoms with Gasteiger partial charge >= 0.3 is 5.97 Å². The summed E-state index contributed by atoms with van der Waals surface area (Å²) in [6, 6.07) is 5.94. The number of thioether (sulfide) groups is 1. The van der Waals surface area contributed by atoms with E-state index in [0.717, 1.165) is 0 Å². The van der Waals surface area contributed by atoms with E-state index in [0.29, 0.717) is 11.0 Å². The first-order valence-corrected chi connectivity index (χ1v) is 8.58. The molecule has 0 bridgehead atoms. The highest BCUT2D eigenvalue weighted by Crippen LogP contribution is 2.19. The first-order valence-electron chi connectivity index (χ1n) is 7.21. The van der Waals surface area contributed by atoms with E-state index >= 15 is 0 Å². The van der Waals surface area contributed by atoms with E-state index in [1.807, 2.05) is 0 Å². The van der Waals surface area contributed by atoms with E-state index < -0.39 is 11.8 Å². The van der Waals surface area contributed by atoms with Crippen LogP contribution in [-0.2, 0) is 10.6 Å². The fourth-order valence-electron chi connectivity index (χ4n) is 1.92. The summed E-state index contributed by atoms with van der Waals surface area (Å²) in [5, 5.41) is 16.7.